The molecule has 0 heterocycles. The van der Waals surface area contributed by atoms with Crippen LogP contribution < -0.4 is 10.6 Å². The van der Waals surface area contributed by atoms with Gasteiger partial charge in [-0.2, -0.15) is 0 Å². The summed E-state index contributed by atoms with van der Waals surface area (Å²) >= 11 is 6.76. The Hall–Kier alpha value is -1.17. The lowest BCUT2D eigenvalue weighted by Gasteiger charge is -2.08. The standard InChI is InChI=1S/C15H14Br2N2O/c1-18-9-10-3-2-4-14(5-10)19-15(20)11-6-12(16)8-13(17)7-11/h2-8,18H,9H2,1H3,(H,19,20). The van der Waals surface area contributed by atoms with E-state index in [1.54, 1.807) is 12.1 Å². The van der Waals surface area contributed by atoms with E-state index in [-0.39, 0.29) is 5.91 Å². The summed E-state index contributed by atoms with van der Waals surface area (Å²) in [5, 5.41) is 5.99. The number of benzene rings is 2. The average molecular weight is 398 g/mol. The van der Waals surface area contributed by atoms with E-state index in [9.17, 15) is 4.79 Å². The number of rotatable bonds is 4. The fraction of sp³-hybridized carbons (Fsp3) is 0.133. The fourth-order valence-corrected chi connectivity index (χ4v) is 3.15. The van der Waals surface area contributed by atoms with Crippen molar-refractivity contribution in [3.05, 3.63) is 62.5 Å². The molecule has 0 aliphatic carbocycles. The van der Waals surface area contributed by atoms with Crippen molar-refractivity contribution in [3.8, 4) is 0 Å². The minimum absolute atomic E-state index is 0.131. The first kappa shape index (κ1) is 15.2. The van der Waals surface area contributed by atoms with E-state index in [0.717, 1.165) is 26.7 Å². The minimum atomic E-state index is -0.131. The van der Waals surface area contributed by atoms with Crippen LogP contribution >= 0.6 is 31.9 Å². The molecule has 2 N–H and O–H groups in total. The first-order valence-corrected chi connectivity index (χ1v) is 7.68. The van der Waals surface area contributed by atoms with Gasteiger partial charge in [0.05, 0.1) is 0 Å². The second-order valence-corrected chi connectivity index (χ2v) is 6.17. The third-order valence-electron chi connectivity index (χ3n) is 2.69. The van der Waals surface area contributed by atoms with Crippen LogP contribution in [0.5, 0.6) is 0 Å². The van der Waals surface area contributed by atoms with Gasteiger partial charge in [-0.3, -0.25) is 4.79 Å². The Morgan fingerprint density at radius 2 is 1.80 bits per heavy atom. The van der Waals surface area contributed by atoms with Crippen LogP contribution in [0.4, 0.5) is 5.69 Å². The van der Waals surface area contributed by atoms with Gasteiger partial charge < -0.3 is 10.6 Å². The van der Waals surface area contributed by atoms with Gasteiger partial charge in [0, 0.05) is 26.7 Å². The van der Waals surface area contributed by atoms with Crippen molar-refractivity contribution in [1.82, 2.24) is 5.32 Å². The van der Waals surface area contributed by atoms with Gasteiger partial charge in [0.25, 0.3) is 5.91 Å². The molecule has 2 aromatic rings. The maximum Gasteiger partial charge on any atom is 0.255 e. The molecule has 0 bridgehead atoms. The van der Waals surface area contributed by atoms with Gasteiger partial charge in [-0.15, -0.1) is 0 Å². The Balaban J connectivity index is 2.16. The van der Waals surface area contributed by atoms with Crippen LogP contribution in [0.15, 0.2) is 51.4 Å². The molecular formula is C15H14Br2N2O. The SMILES string of the molecule is CNCc1cccc(NC(=O)c2cc(Br)cc(Br)c2)c1. The highest BCUT2D eigenvalue weighted by molar-refractivity contribution is 9.11. The molecule has 0 aromatic heterocycles. The van der Waals surface area contributed by atoms with Crippen molar-refractivity contribution in [2.24, 2.45) is 0 Å². The van der Waals surface area contributed by atoms with E-state index < -0.39 is 0 Å². The van der Waals surface area contributed by atoms with Gasteiger partial charge in [0.15, 0.2) is 0 Å². The van der Waals surface area contributed by atoms with Gasteiger partial charge in [0.1, 0.15) is 0 Å². The molecule has 0 unspecified atom stereocenters. The lowest BCUT2D eigenvalue weighted by molar-refractivity contribution is 0.102. The highest BCUT2D eigenvalue weighted by Gasteiger charge is 2.08. The van der Waals surface area contributed by atoms with Gasteiger partial charge in [0.2, 0.25) is 0 Å². The normalized spacial score (nSPS) is 10.3. The largest absolute Gasteiger partial charge is 0.322 e. The Kier molecular flexibility index (Phi) is 5.34. The van der Waals surface area contributed by atoms with Crippen LogP contribution in [-0.2, 0) is 6.54 Å². The quantitative estimate of drug-likeness (QED) is 0.812. The van der Waals surface area contributed by atoms with E-state index in [1.165, 1.54) is 0 Å². The van der Waals surface area contributed by atoms with Crippen molar-refractivity contribution in [2.75, 3.05) is 12.4 Å². The van der Waals surface area contributed by atoms with Crippen LogP contribution in [0, 0.1) is 0 Å². The summed E-state index contributed by atoms with van der Waals surface area (Å²) in [6.45, 7) is 0.770. The molecule has 0 fully saturated rings. The molecular weight excluding hydrogens is 384 g/mol. The summed E-state index contributed by atoms with van der Waals surface area (Å²) in [4.78, 5) is 12.2. The molecule has 5 heteroatoms. The summed E-state index contributed by atoms with van der Waals surface area (Å²) in [6.07, 6.45) is 0. The number of halogens is 2. The highest BCUT2D eigenvalue weighted by atomic mass is 79.9. The summed E-state index contributed by atoms with van der Waals surface area (Å²) in [6, 6.07) is 13.3. The van der Waals surface area contributed by atoms with Gasteiger partial charge in [-0.05, 0) is 42.9 Å². The molecule has 2 rings (SSSR count). The maximum atomic E-state index is 12.2. The zero-order chi connectivity index (χ0) is 14.5. The summed E-state index contributed by atoms with van der Waals surface area (Å²) in [5.41, 5.74) is 2.52. The summed E-state index contributed by atoms with van der Waals surface area (Å²) in [7, 11) is 1.89. The van der Waals surface area contributed by atoms with Crippen LogP contribution in [0.1, 0.15) is 15.9 Å². The molecule has 0 saturated heterocycles. The molecule has 0 aliphatic rings. The van der Waals surface area contributed by atoms with Crippen LogP contribution in [0.3, 0.4) is 0 Å². The topological polar surface area (TPSA) is 41.1 Å². The monoisotopic (exact) mass is 396 g/mol. The molecule has 0 radical (unpaired) electrons. The Morgan fingerprint density at radius 3 is 2.45 bits per heavy atom. The predicted octanol–water partition coefficient (Wildman–Crippen LogP) is 4.18. The van der Waals surface area contributed by atoms with Gasteiger partial charge in [-0.1, -0.05) is 44.0 Å². The van der Waals surface area contributed by atoms with Crippen LogP contribution in [0.25, 0.3) is 0 Å². The number of anilines is 1. The van der Waals surface area contributed by atoms with E-state index >= 15 is 0 Å². The molecule has 0 spiro atoms. The van der Waals surface area contributed by atoms with Crippen molar-refractivity contribution in [2.45, 2.75) is 6.54 Å². The molecule has 1 amide bonds. The smallest absolute Gasteiger partial charge is 0.255 e. The predicted molar refractivity (Wildman–Crippen MR) is 89.0 cm³/mol. The molecule has 0 saturated carbocycles. The maximum absolute atomic E-state index is 12.2. The number of carbonyl (C=O) groups is 1. The zero-order valence-electron chi connectivity index (χ0n) is 10.9. The number of hydrogen-bond acceptors (Lipinski definition) is 2. The summed E-state index contributed by atoms with van der Waals surface area (Å²) in [5.74, 6) is -0.131. The number of hydrogen-bond donors (Lipinski definition) is 2. The molecule has 104 valence electrons. The van der Waals surface area contributed by atoms with Crippen LogP contribution in [0.2, 0.25) is 0 Å². The number of carbonyl (C=O) groups excluding carboxylic acids is 1. The molecule has 2 aromatic carbocycles. The number of nitrogens with one attached hydrogen (secondary N) is 2. The molecule has 3 nitrogen and oxygen atoms in total. The Bertz CT molecular complexity index is 609. The summed E-state index contributed by atoms with van der Waals surface area (Å²) < 4.78 is 1.72. The molecule has 0 aliphatic heterocycles. The lowest BCUT2D eigenvalue weighted by atomic mass is 10.1. The van der Waals surface area contributed by atoms with Gasteiger partial charge >= 0.3 is 0 Å². The lowest BCUT2D eigenvalue weighted by Crippen LogP contribution is -2.12. The highest BCUT2D eigenvalue weighted by Crippen LogP contribution is 2.21. The zero-order valence-corrected chi connectivity index (χ0v) is 14.1. The Labute approximate surface area is 135 Å². The Morgan fingerprint density at radius 1 is 1.10 bits per heavy atom. The second-order valence-electron chi connectivity index (χ2n) is 4.34. The second kappa shape index (κ2) is 7.02. The third-order valence-corrected chi connectivity index (χ3v) is 3.61. The first-order chi connectivity index (χ1) is 9.58. The van der Waals surface area contributed by atoms with E-state index in [0.29, 0.717) is 5.56 Å². The molecule has 0 atom stereocenters. The average Bonchev–Trinajstić information content (AvgIpc) is 2.38. The van der Waals surface area contributed by atoms with Crippen LogP contribution in [-0.4, -0.2) is 13.0 Å². The minimum Gasteiger partial charge on any atom is -0.322 e. The third kappa shape index (κ3) is 4.16. The van der Waals surface area contributed by atoms with E-state index in [2.05, 4.69) is 42.5 Å². The van der Waals surface area contributed by atoms with Crippen molar-refractivity contribution in [1.29, 1.82) is 0 Å². The van der Waals surface area contributed by atoms with E-state index in [1.807, 2.05) is 37.4 Å². The van der Waals surface area contributed by atoms with E-state index in [4.69, 9.17) is 0 Å². The van der Waals surface area contributed by atoms with Crippen molar-refractivity contribution < 1.29 is 4.79 Å². The molecule has 20 heavy (non-hydrogen) atoms. The van der Waals surface area contributed by atoms with Crippen molar-refractivity contribution in [3.63, 3.8) is 0 Å². The van der Waals surface area contributed by atoms with Crippen molar-refractivity contribution >= 4 is 43.5 Å². The first-order valence-electron chi connectivity index (χ1n) is 6.09. The van der Waals surface area contributed by atoms with Gasteiger partial charge in [-0.25, -0.2) is 0 Å². The fourth-order valence-electron chi connectivity index (χ4n) is 1.85. The number of amides is 1.